The number of anilines is 2. The fraction of sp³-hybridized carbons (Fsp3) is 0.440. The highest BCUT2D eigenvalue weighted by Gasteiger charge is 2.27. The molecule has 3 amide bonds. The molecule has 196 valence electrons. The van der Waals surface area contributed by atoms with Gasteiger partial charge in [-0.25, -0.2) is 14.8 Å². The molecule has 0 aliphatic carbocycles. The molecule has 0 aromatic carbocycles. The SMILES string of the molecule is COCCOc1cc(NC(=O)N2CCCc3cc(CN(C)C(=O)CN(C)C)c(C=O)nc32)ncc1C#N. The number of hydrogen-bond acceptors (Lipinski definition) is 9. The summed E-state index contributed by atoms with van der Waals surface area (Å²) in [6, 6.07) is 4.85. The van der Waals surface area contributed by atoms with Crippen molar-refractivity contribution in [2.45, 2.75) is 19.4 Å². The van der Waals surface area contributed by atoms with E-state index in [0.29, 0.717) is 43.7 Å². The quantitative estimate of drug-likeness (QED) is 0.374. The Kier molecular flexibility index (Phi) is 9.48. The number of nitrogens with one attached hydrogen (secondary N) is 1. The first kappa shape index (κ1) is 27.5. The normalized spacial score (nSPS) is 12.5. The van der Waals surface area contributed by atoms with Crippen LogP contribution >= 0.6 is 0 Å². The van der Waals surface area contributed by atoms with E-state index in [2.05, 4.69) is 15.3 Å². The number of amides is 3. The van der Waals surface area contributed by atoms with E-state index in [4.69, 9.17) is 9.47 Å². The van der Waals surface area contributed by atoms with E-state index < -0.39 is 6.03 Å². The third-order valence-electron chi connectivity index (χ3n) is 5.68. The summed E-state index contributed by atoms with van der Waals surface area (Å²) >= 11 is 0. The van der Waals surface area contributed by atoms with E-state index in [1.807, 2.05) is 26.2 Å². The molecule has 1 aliphatic heterocycles. The van der Waals surface area contributed by atoms with Crippen LogP contribution < -0.4 is 15.0 Å². The molecule has 0 bridgehead atoms. The zero-order chi connectivity index (χ0) is 26.9. The molecule has 3 rings (SSSR count). The van der Waals surface area contributed by atoms with E-state index in [1.54, 1.807) is 24.0 Å². The molecule has 1 N–H and O–H groups in total. The van der Waals surface area contributed by atoms with Crippen LogP contribution in [0.5, 0.6) is 5.75 Å². The minimum Gasteiger partial charge on any atom is -0.490 e. The molecule has 2 aromatic heterocycles. The first-order chi connectivity index (χ1) is 17.8. The van der Waals surface area contributed by atoms with Gasteiger partial charge < -0.3 is 19.3 Å². The lowest BCUT2D eigenvalue weighted by molar-refractivity contribution is -0.131. The van der Waals surface area contributed by atoms with Gasteiger partial charge in [0.05, 0.1) is 19.3 Å². The van der Waals surface area contributed by atoms with Gasteiger partial charge in [0.1, 0.15) is 41.3 Å². The van der Waals surface area contributed by atoms with Gasteiger partial charge in [-0.15, -0.1) is 0 Å². The second-order valence-electron chi connectivity index (χ2n) is 8.83. The zero-order valence-corrected chi connectivity index (χ0v) is 21.5. The van der Waals surface area contributed by atoms with Gasteiger partial charge in [-0.2, -0.15) is 5.26 Å². The molecule has 0 radical (unpaired) electrons. The Morgan fingerprint density at radius 1 is 1.27 bits per heavy atom. The molecule has 0 saturated carbocycles. The fourth-order valence-electron chi connectivity index (χ4n) is 3.84. The van der Waals surface area contributed by atoms with Crippen molar-refractivity contribution in [3.05, 3.63) is 40.7 Å². The van der Waals surface area contributed by atoms with Gasteiger partial charge in [0, 0.05) is 38.9 Å². The second-order valence-corrected chi connectivity index (χ2v) is 8.83. The molecule has 0 saturated heterocycles. The Bertz CT molecular complexity index is 1190. The number of fused-ring (bicyclic) bond motifs is 1. The molecule has 3 heterocycles. The third-order valence-corrected chi connectivity index (χ3v) is 5.68. The van der Waals surface area contributed by atoms with Crippen LogP contribution in [0.15, 0.2) is 18.3 Å². The highest BCUT2D eigenvalue weighted by Crippen LogP contribution is 2.29. The Labute approximate surface area is 215 Å². The third kappa shape index (κ3) is 6.99. The first-order valence-corrected chi connectivity index (χ1v) is 11.7. The average molecular weight is 510 g/mol. The summed E-state index contributed by atoms with van der Waals surface area (Å²) < 4.78 is 10.5. The molecule has 1 aliphatic rings. The number of methoxy groups -OCH3 is 1. The number of nitriles is 1. The number of likely N-dealkylation sites (N-methyl/N-ethyl adjacent to an activating group) is 2. The number of aryl methyl sites for hydroxylation is 1. The van der Waals surface area contributed by atoms with Gasteiger partial charge in [-0.1, -0.05) is 0 Å². The van der Waals surface area contributed by atoms with Crippen LogP contribution in [0.4, 0.5) is 16.4 Å². The van der Waals surface area contributed by atoms with Crippen LogP contribution in [0, 0.1) is 11.3 Å². The van der Waals surface area contributed by atoms with Crippen molar-refractivity contribution in [1.82, 2.24) is 19.8 Å². The Morgan fingerprint density at radius 2 is 2.05 bits per heavy atom. The van der Waals surface area contributed by atoms with E-state index in [9.17, 15) is 19.6 Å². The van der Waals surface area contributed by atoms with Crippen molar-refractivity contribution in [3.8, 4) is 11.8 Å². The number of pyridine rings is 2. The minimum absolute atomic E-state index is 0.0824. The lowest BCUT2D eigenvalue weighted by atomic mass is 10.0. The second kappa shape index (κ2) is 12.8. The van der Waals surface area contributed by atoms with Gasteiger partial charge in [0.25, 0.3) is 0 Å². The number of urea groups is 1. The molecular formula is C25H31N7O5. The lowest BCUT2D eigenvalue weighted by Crippen LogP contribution is -2.40. The molecule has 0 spiro atoms. The fourth-order valence-corrected chi connectivity index (χ4v) is 3.84. The van der Waals surface area contributed by atoms with E-state index in [-0.39, 0.29) is 48.4 Å². The van der Waals surface area contributed by atoms with Crippen LogP contribution in [0.3, 0.4) is 0 Å². The zero-order valence-electron chi connectivity index (χ0n) is 21.5. The number of aldehydes is 1. The van der Waals surface area contributed by atoms with Crippen LogP contribution in [0.25, 0.3) is 0 Å². The van der Waals surface area contributed by atoms with E-state index in [0.717, 1.165) is 5.56 Å². The van der Waals surface area contributed by atoms with Crippen LogP contribution in [-0.4, -0.2) is 92.5 Å². The summed E-state index contributed by atoms with van der Waals surface area (Å²) in [6.07, 6.45) is 3.34. The van der Waals surface area contributed by atoms with Gasteiger partial charge in [0.15, 0.2) is 6.29 Å². The monoisotopic (exact) mass is 509 g/mol. The van der Waals surface area contributed by atoms with Crippen molar-refractivity contribution >= 4 is 29.9 Å². The maximum absolute atomic E-state index is 13.2. The largest absolute Gasteiger partial charge is 0.490 e. The minimum atomic E-state index is -0.476. The maximum Gasteiger partial charge on any atom is 0.328 e. The summed E-state index contributed by atoms with van der Waals surface area (Å²) in [5.74, 6) is 0.794. The van der Waals surface area contributed by atoms with E-state index in [1.165, 1.54) is 17.2 Å². The molecule has 37 heavy (non-hydrogen) atoms. The molecule has 0 unspecified atom stereocenters. The summed E-state index contributed by atoms with van der Waals surface area (Å²) in [5.41, 5.74) is 1.84. The van der Waals surface area contributed by atoms with Crippen LogP contribution in [0.2, 0.25) is 0 Å². The van der Waals surface area contributed by atoms with Crippen molar-refractivity contribution in [1.29, 1.82) is 5.26 Å². The van der Waals surface area contributed by atoms with Crippen molar-refractivity contribution < 1.29 is 23.9 Å². The van der Waals surface area contributed by atoms with Crippen LogP contribution in [-0.2, 0) is 22.5 Å². The Hall–Kier alpha value is -4.08. The highest BCUT2D eigenvalue weighted by molar-refractivity contribution is 6.01. The van der Waals surface area contributed by atoms with Gasteiger partial charge in [-0.3, -0.25) is 19.8 Å². The van der Waals surface area contributed by atoms with E-state index >= 15 is 0 Å². The Morgan fingerprint density at radius 3 is 2.73 bits per heavy atom. The highest BCUT2D eigenvalue weighted by atomic mass is 16.5. The number of carbonyl (C=O) groups excluding carboxylic acids is 3. The molecule has 2 aromatic rings. The van der Waals surface area contributed by atoms with Crippen molar-refractivity contribution in [3.63, 3.8) is 0 Å². The predicted molar refractivity (Wildman–Crippen MR) is 136 cm³/mol. The van der Waals surface area contributed by atoms with Gasteiger partial charge in [0.2, 0.25) is 5.91 Å². The smallest absolute Gasteiger partial charge is 0.328 e. The van der Waals surface area contributed by atoms with Gasteiger partial charge >= 0.3 is 6.03 Å². The molecule has 0 fully saturated rings. The number of carbonyl (C=O) groups is 3. The Balaban J connectivity index is 1.81. The molecule has 12 nitrogen and oxygen atoms in total. The number of hydrogen-bond donors (Lipinski definition) is 1. The summed E-state index contributed by atoms with van der Waals surface area (Å²) in [7, 11) is 6.84. The molecule has 12 heteroatoms. The number of aromatic nitrogens is 2. The van der Waals surface area contributed by atoms with Crippen LogP contribution in [0.1, 0.15) is 33.6 Å². The summed E-state index contributed by atoms with van der Waals surface area (Å²) in [4.78, 5) is 50.8. The lowest BCUT2D eigenvalue weighted by Gasteiger charge is -2.29. The van der Waals surface area contributed by atoms with Gasteiger partial charge in [-0.05, 0) is 38.6 Å². The first-order valence-electron chi connectivity index (χ1n) is 11.7. The maximum atomic E-state index is 13.2. The summed E-state index contributed by atoms with van der Waals surface area (Å²) in [6.45, 7) is 1.46. The number of nitrogens with zero attached hydrogens (tertiary/aromatic N) is 6. The molecule has 0 atom stereocenters. The topological polar surface area (TPSA) is 141 Å². The summed E-state index contributed by atoms with van der Waals surface area (Å²) in [5, 5.41) is 12.0. The standard InChI is InChI=1S/C25H31N7O5/c1-30(2)15-23(34)31(3)14-18-10-17-6-5-7-32(24(17)28-20(18)16-33)25(35)29-22-11-21(37-9-8-36-4)19(12-26)13-27-22/h10-11,13,16H,5-9,14-15H2,1-4H3,(H,27,29,35). The number of rotatable bonds is 10. The van der Waals surface area contributed by atoms with Crippen molar-refractivity contribution in [2.24, 2.45) is 0 Å². The average Bonchev–Trinajstić information content (AvgIpc) is 2.87. The number of ether oxygens (including phenoxy) is 2. The predicted octanol–water partition coefficient (Wildman–Crippen LogP) is 1.69. The van der Waals surface area contributed by atoms with Crippen molar-refractivity contribution in [2.75, 3.05) is 64.8 Å². The molecular weight excluding hydrogens is 478 g/mol.